The highest BCUT2D eigenvalue weighted by Gasteiger charge is 2.37. The van der Waals surface area contributed by atoms with Crippen molar-refractivity contribution in [3.8, 4) is 0 Å². The van der Waals surface area contributed by atoms with Gasteiger partial charge in [-0.25, -0.2) is 8.42 Å². The molecule has 0 atom stereocenters. The number of aliphatic hydroxyl groups is 2. The second-order valence-electron chi connectivity index (χ2n) is 6.48. The Morgan fingerprint density at radius 1 is 0.667 bits per heavy atom. The third kappa shape index (κ3) is 8.17. The van der Waals surface area contributed by atoms with E-state index in [-0.39, 0.29) is 11.5 Å². The summed E-state index contributed by atoms with van der Waals surface area (Å²) in [4.78, 5) is 0. The molecule has 2 N–H and O–H groups in total. The summed E-state index contributed by atoms with van der Waals surface area (Å²) < 4.78 is 24.9. The van der Waals surface area contributed by atoms with Crippen molar-refractivity contribution in [2.75, 3.05) is 11.5 Å². The standard InChI is InChI=1S/C16H34O4S/c1-5-9-15(17,10-6-2)13-21(19,20)14-16(18,11-7-3)12-8-4/h17-18H,5-14H2,1-4H3. The Morgan fingerprint density at radius 3 is 1.10 bits per heavy atom. The summed E-state index contributed by atoms with van der Waals surface area (Å²) in [6, 6.07) is 0. The van der Waals surface area contributed by atoms with Gasteiger partial charge in [-0.1, -0.05) is 53.4 Å². The molecule has 128 valence electrons. The molecular weight excluding hydrogens is 288 g/mol. The van der Waals surface area contributed by atoms with E-state index in [0.717, 1.165) is 25.7 Å². The molecule has 0 aromatic carbocycles. The summed E-state index contributed by atoms with van der Waals surface area (Å²) in [5, 5.41) is 21.1. The van der Waals surface area contributed by atoms with Crippen LogP contribution in [0.1, 0.15) is 79.1 Å². The largest absolute Gasteiger partial charge is 0.389 e. The molecular formula is C16H34O4S. The molecule has 0 aromatic rings. The van der Waals surface area contributed by atoms with Crippen molar-refractivity contribution in [2.24, 2.45) is 0 Å². The summed E-state index contributed by atoms with van der Waals surface area (Å²) in [5.41, 5.74) is -2.30. The van der Waals surface area contributed by atoms with Crippen molar-refractivity contribution in [1.82, 2.24) is 0 Å². The summed E-state index contributed by atoms with van der Waals surface area (Å²) in [6.45, 7) is 7.77. The van der Waals surface area contributed by atoms with Gasteiger partial charge >= 0.3 is 0 Å². The van der Waals surface area contributed by atoms with Crippen LogP contribution >= 0.6 is 0 Å². The lowest BCUT2D eigenvalue weighted by molar-refractivity contribution is 0.0371. The summed E-state index contributed by atoms with van der Waals surface area (Å²) >= 11 is 0. The molecule has 0 saturated carbocycles. The average Bonchev–Trinajstić information content (AvgIpc) is 2.27. The van der Waals surface area contributed by atoms with Gasteiger partial charge in [0.2, 0.25) is 0 Å². The molecule has 0 aliphatic carbocycles. The molecule has 0 saturated heterocycles. The second kappa shape index (κ2) is 9.11. The van der Waals surface area contributed by atoms with Crippen LogP contribution in [0.5, 0.6) is 0 Å². The summed E-state index contributed by atoms with van der Waals surface area (Å²) in [6.07, 6.45) is 4.95. The lowest BCUT2D eigenvalue weighted by Gasteiger charge is -2.31. The van der Waals surface area contributed by atoms with E-state index in [9.17, 15) is 18.6 Å². The summed E-state index contributed by atoms with van der Waals surface area (Å²) in [5.74, 6) is -0.477. The zero-order chi connectivity index (χ0) is 16.6. The Hall–Kier alpha value is -0.130. The zero-order valence-electron chi connectivity index (χ0n) is 14.2. The topological polar surface area (TPSA) is 74.6 Å². The maximum atomic E-state index is 12.4. The third-order valence-electron chi connectivity index (χ3n) is 3.84. The normalized spacial score (nSPS) is 13.6. The van der Waals surface area contributed by atoms with Crippen molar-refractivity contribution in [3.05, 3.63) is 0 Å². The van der Waals surface area contributed by atoms with Gasteiger partial charge in [-0.15, -0.1) is 0 Å². The van der Waals surface area contributed by atoms with Crippen molar-refractivity contribution in [3.63, 3.8) is 0 Å². The number of hydrogen-bond acceptors (Lipinski definition) is 4. The number of hydrogen-bond donors (Lipinski definition) is 2. The van der Waals surface area contributed by atoms with Gasteiger partial charge in [-0.2, -0.15) is 0 Å². The molecule has 0 aromatic heterocycles. The smallest absolute Gasteiger partial charge is 0.155 e. The predicted octanol–water partition coefficient (Wildman–Crippen LogP) is 3.06. The van der Waals surface area contributed by atoms with Crippen LogP contribution in [0.15, 0.2) is 0 Å². The highest BCUT2D eigenvalue weighted by molar-refractivity contribution is 7.91. The molecule has 0 amide bonds. The van der Waals surface area contributed by atoms with Crippen LogP contribution < -0.4 is 0 Å². The lowest BCUT2D eigenvalue weighted by Crippen LogP contribution is -2.43. The molecule has 0 radical (unpaired) electrons. The average molecular weight is 323 g/mol. The fourth-order valence-corrected chi connectivity index (χ4v) is 5.59. The molecule has 21 heavy (non-hydrogen) atoms. The molecule has 0 spiro atoms. The fourth-order valence-electron chi connectivity index (χ4n) is 3.27. The Labute approximate surface area is 130 Å². The molecule has 0 aliphatic heterocycles. The molecule has 0 rings (SSSR count). The molecule has 0 bridgehead atoms. The monoisotopic (exact) mass is 322 g/mol. The SMILES string of the molecule is CCCC(O)(CCC)CS(=O)(=O)CC(O)(CCC)CCC. The predicted molar refractivity (Wildman–Crippen MR) is 88.2 cm³/mol. The molecule has 0 unspecified atom stereocenters. The van der Waals surface area contributed by atoms with Crippen LogP contribution in [0, 0.1) is 0 Å². The fraction of sp³-hybridized carbons (Fsp3) is 1.00. The van der Waals surface area contributed by atoms with Gasteiger partial charge in [-0.3, -0.25) is 0 Å². The van der Waals surface area contributed by atoms with E-state index in [1.54, 1.807) is 0 Å². The summed E-state index contributed by atoms with van der Waals surface area (Å²) in [7, 11) is -3.49. The Bertz CT molecular complexity index is 334. The first-order valence-electron chi connectivity index (χ1n) is 8.31. The van der Waals surface area contributed by atoms with Gasteiger partial charge in [0.1, 0.15) is 0 Å². The van der Waals surface area contributed by atoms with E-state index in [0.29, 0.717) is 25.7 Å². The molecule has 0 heterocycles. The van der Waals surface area contributed by atoms with Crippen LogP contribution in [0.4, 0.5) is 0 Å². The maximum absolute atomic E-state index is 12.4. The van der Waals surface area contributed by atoms with Gasteiger partial charge in [0.15, 0.2) is 9.84 Å². The molecule has 5 heteroatoms. The minimum atomic E-state index is -3.49. The third-order valence-corrected chi connectivity index (χ3v) is 5.79. The van der Waals surface area contributed by atoms with E-state index in [1.807, 2.05) is 27.7 Å². The van der Waals surface area contributed by atoms with Crippen molar-refractivity contribution >= 4 is 9.84 Å². The Balaban J connectivity index is 5.01. The highest BCUT2D eigenvalue weighted by Crippen LogP contribution is 2.26. The maximum Gasteiger partial charge on any atom is 0.155 e. The van der Waals surface area contributed by atoms with Crippen molar-refractivity contribution in [2.45, 2.75) is 90.3 Å². The van der Waals surface area contributed by atoms with Gasteiger partial charge < -0.3 is 10.2 Å². The first kappa shape index (κ1) is 20.9. The zero-order valence-corrected chi connectivity index (χ0v) is 15.0. The van der Waals surface area contributed by atoms with Crippen LogP contribution in [0.2, 0.25) is 0 Å². The van der Waals surface area contributed by atoms with Crippen molar-refractivity contribution < 1.29 is 18.6 Å². The van der Waals surface area contributed by atoms with E-state index < -0.39 is 21.0 Å². The van der Waals surface area contributed by atoms with Gasteiger partial charge in [0, 0.05) is 0 Å². The minimum Gasteiger partial charge on any atom is -0.389 e. The van der Waals surface area contributed by atoms with Crippen LogP contribution in [-0.2, 0) is 9.84 Å². The van der Waals surface area contributed by atoms with Crippen molar-refractivity contribution in [1.29, 1.82) is 0 Å². The van der Waals surface area contributed by atoms with Crippen LogP contribution in [0.3, 0.4) is 0 Å². The van der Waals surface area contributed by atoms with Gasteiger partial charge in [0.05, 0.1) is 22.7 Å². The quantitative estimate of drug-likeness (QED) is 0.579. The molecule has 4 nitrogen and oxygen atoms in total. The molecule has 0 aliphatic rings. The Morgan fingerprint density at radius 2 is 0.905 bits per heavy atom. The second-order valence-corrected chi connectivity index (χ2v) is 8.55. The number of rotatable bonds is 12. The lowest BCUT2D eigenvalue weighted by atomic mass is 9.95. The van der Waals surface area contributed by atoms with Gasteiger partial charge in [-0.05, 0) is 25.7 Å². The van der Waals surface area contributed by atoms with E-state index in [4.69, 9.17) is 0 Å². The minimum absolute atomic E-state index is 0.239. The van der Waals surface area contributed by atoms with Crippen LogP contribution in [-0.4, -0.2) is 41.3 Å². The first-order chi connectivity index (χ1) is 9.66. The highest BCUT2D eigenvalue weighted by atomic mass is 32.2. The Kier molecular flexibility index (Phi) is 9.05. The molecule has 0 fully saturated rings. The van der Waals surface area contributed by atoms with Crippen LogP contribution in [0.25, 0.3) is 0 Å². The first-order valence-corrected chi connectivity index (χ1v) is 10.1. The van der Waals surface area contributed by atoms with E-state index >= 15 is 0 Å². The van der Waals surface area contributed by atoms with Gasteiger partial charge in [0.25, 0.3) is 0 Å². The number of sulfone groups is 1. The van der Waals surface area contributed by atoms with E-state index in [1.165, 1.54) is 0 Å². The van der Waals surface area contributed by atoms with E-state index in [2.05, 4.69) is 0 Å².